The molecule has 3 N–H and O–H groups in total. The Bertz CT molecular complexity index is 754. The molecule has 5 nitrogen and oxygen atoms in total. The van der Waals surface area contributed by atoms with Gasteiger partial charge in [-0.2, -0.15) is 0 Å². The summed E-state index contributed by atoms with van der Waals surface area (Å²) in [5, 5.41) is 4.06. The van der Waals surface area contributed by atoms with E-state index in [1.165, 1.54) is 11.3 Å². The summed E-state index contributed by atoms with van der Waals surface area (Å²) in [5.41, 5.74) is 7.71. The van der Waals surface area contributed by atoms with Crippen LogP contribution in [0.2, 0.25) is 0 Å². The number of nitrogens with zero attached hydrogens (tertiary/aromatic N) is 2. The van der Waals surface area contributed by atoms with E-state index in [2.05, 4.69) is 15.3 Å². The molecule has 0 unspecified atom stereocenters. The van der Waals surface area contributed by atoms with E-state index in [4.69, 9.17) is 5.73 Å². The van der Waals surface area contributed by atoms with Gasteiger partial charge in [0.25, 0.3) is 0 Å². The van der Waals surface area contributed by atoms with Gasteiger partial charge in [-0.15, -0.1) is 0 Å². The van der Waals surface area contributed by atoms with Gasteiger partial charge >= 0.3 is 0 Å². The average molecular weight is 284 g/mol. The van der Waals surface area contributed by atoms with Crippen molar-refractivity contribution in [1.29, 1.82) is 0 Å². The number of thiazole rings is 1. The minimum absolute atomic E-state index is 0.426. The van der Waals surface area contributed by atoms with E-state index in [-0.39, 0.29) is 0 Å². The number of pyridine rings is 1. The minimum Gasteiger partial charge on any atom is -0.366 e. The van der Waals surface area contributed by atoms with Gasteiger partial charge in [-0.25, -0.2) is 4.98 Å². The number of hydrogen-bond donors (Lipinski definition) is 2. The molecule has 3 rings (SSSR count). The molecule has 2 heterocycles. The highest BCUT2D eigenvalue weighted by atomic mass is 32.1. The molecule has 0 bridgehead atoms. The molecule has 0 fully saturated rings. The van der Waals surface area contributed by atoms with Crippen molar-refractivity contribution in [2.75, 3.05) is 5.32 Å². The highest BCUT2D eigenvalue weighted by Crippen LogP contribution is 2.27. The molecule has 1 amide bonds. The van der Waals surface area contributed by atoms with E-state index in [1.807, 2.05) is 18.3 Å². The molecule has 6 heteroatoms. The van der Waals surface area contributed by atoms with Crippen LogP contribution >= 0.6 is 11.3 Å². The first-order chi connectivity index (χ1) is 9.72. The van der Waals surface area contributed by atoms with Gasteiger partial charge in [-0.1, -0.05) is 17.4 Å². The maximum absolute atomic E-state index is 11.1. The Morgan fingerprint density at radius 3 is 3.00 bits per heavy atom. The quantitative estimate of drug-likeness (QED) is 0.771. The molecule has 0 aliphatic rings. The van der Waals surface area contributed by atoms with Crippen LogP contribution in [0, 0.1) is 0 Å². The fourth-order valence-corrected chi connectivity index (χ4v) is 2.73. The van der Waals surface area contributed by atoms with E-state index >= 15 is 0 Å². The summed E-state index contributed by atoms with van der Waals surface area (Å²) in [5.74, 6) is -0.426. The Kier molecular flexibility index (Phi) is 3.30. The average Bonchev–Trinajstić information content (AvgIpc) is 2.88. The normalized spacial score (nSPS) is 10.6. The zero-order chi connectivity index (χ0) is 13.9. The third-order valence-electron chi connectivity index (χ3n) is 2.84. The SMILES string of the molecule is NC(=O)c1ccc2nc(NCc3cccnc3)sc2c1. The van der Waals surface area contributed by atoms with Gasteiger partial charge in [-0.05, 0) is 29.8 Å². The first-order valence-corrected chi connectivity index (χ1v) is 6.87. The minimum atomic E-state index is -0.426. The van der Waals surface area contributed by atoms with Gasteiger partial charge in [0.05, 0.1) is 10.2 Å². The maximum Gasteiger partial charge on any atom is 0.248 e. The molecule has 100 valence electrons. The standard InChI is InChI=1S/C14H12N4OS/c15-13(19)10-3-4-11-12(6-10)20-14(18-11)17-8-9-2-1-5-16-7-9/h1-7H,8H2,(H2,15,19)(H,17,18). The lowest BCUT2D eigenvalue weighted by atomic mass is 10.2. The van der Waals surface area contributed by atoms with E-state index < -0.39 is 5.91 Å². The molecule has 0 aliphatic carbocycles. The zero-order valence-electron chi connectivity index (χ0n) is 10.5. The molecular formula is C14H12N4OS. The van der Waals surface area contributed by atoms with Crippen molar-refractivity contribution in [3.63, 3.8) is 0 Å². The van der Waals surface area contributed by atoms with Gasteiger partial charge in [0.15, 0.2) is 5.13 Å². The summed E-state index contributed by atoms with van der Waals surface area (Å²) in [6, 6.07) is 9.16. The number of amides is 1. The summed E-state index contributed by atoms with van der Waals surface area (Å²) in [4.78, 5) is 19.7. The summed E-state index contributed by atoms with van der Waals surface area (Å²) in [6.07, 6.45) is 3.55. The predicted octanol–water partition coefficient (Wildman–Crippen LogP) is 2.40. The second-order valence-corrected chi connectivity index (χ2v) is 5.31. The predicted molar refractivity (Wildman–Crippen MR) is 79.7 cm³/mol. The van der Waals surface area contributed by atoms with Crippen LogP contribution < -0.4 is 11.1 Å². The van der Waals surface area contributed by atoms with Crippen molar-refractivity contribution in [3.8, 4) is 0 Å². The summed E-state index contributed by atoms with van der Waals surface area (Å²) >= 11 is 1.50. The van der Waals surface area contributed by atoms with Crippen LogP contribution in [0.15, 0.2) is 42.7 Å². The number of benzene rings is 1. The van der Waals surface area contributed by atoms with E-state index in [9.17, 15) is 4.79 Å². The Labute approximate surface area is 119 Å². The van der Waals surface area contributed by atoms with E-state index in [0.717, 1.165) is 20.9 Å². The number of fused-ring (bicyclic) bond motifs is 1. The number of nitrogens with one attached hydrogen (secondary N) is 1. The lowest BCUT2D eigenvalue weighted by Crippen LogP contribution is -2.10. The molecule has 0 saturated carbocycles. The highest BCUT2D eigenvalue weighted by molar-refractivity contribution is 7.22. The molecule has 2 aromatic heterocycles. The molecular weight excluding hydrogens is 272 g/mol. The van der Waals surface area contributed by atoms with Gasteiger partial charge in [0, 0.05) is 24.5 Å². The largest absolute Gasteiger partial charge is 0.366 e. The van der Waals surface area contributed by atoms with Crippen LogP contribution in [0.5, 0.6) is 0 Å². The van der Waals surface area contributed by atoms with Crippen molar-refractivity contribution < 1.29 is 4.79 Å². The second-order valence-electron chi connectivity index (χ2n) is 4.28. The molecule has 0 spiro atoms. The molecule has 0 atom stereocenters. The Morgan fingerprint density at radius 1 is 1.35 bits per heavy atom. The van der Waals surface area contributed by atoms with Crippen LogP contribution in [0.4, 0.5) is 5.13 Å². The number of aromatic nitrogens is 2. The number of hydrogen-bond acceptors (Lipinski definition) is 5. The number of carbonyl (C=O) groups is 1. The zero-order valence-corrected chi connectivity index (χ0v) is 11.4. The first-order valence-electron chi connectivity index (χ1n) is 6.05. The highest BCUT2D eigenvalue weighted by Gasteiger charge is 2.07. The van der Waals surface area contributed by atoms with E-state index in [0.29, 0.717) is 12.1 Å². The van der Waals surface area contributed by atoms with Gasteiger partial charge < -0.3 is 11.1 Å². The molecule has 20 heavy (non-hydrogen) atoms. The van der Waals surface area contributed by atoms with Crippen molar-refractivity contribution in [3.05, 3.63) is 53.9 Å². The number of anilines is 1. The number of rotatable bonds is 4. The lowest BCUT2D eigenvalue weighted by molar-refractivity contribution is 0.100. The summed E-state index contributed by atoms with van der Waals surface area (Å²) in [6.45, 7) is 0.663. The Balaban J connectivity index is 1.80. The maximum atomic E-state index is 11.1. The van der Waals surface area contributed by atoms with Gasteiger partial charge in [0.2, 0.25) is 5.91 Å². The van der Waals surface area contributed by atoms with Crippen molar-refractivity contribution in [2.24, 2.45) is 5.73 Å². The molecule has 0 aliphatic heterocycles. The number of carbonyl (C=O) groups excluding carboxylic acids is 1. The summed E-state index contributed by atoms with van der Waals surface area (Å²) in [7, 11) is 0. The second kappa shape index (κ2) is 5.26. The van der Waals surface area contributed by atoms with Crippen LogP contribution in [-0.2, 0) is 6.54 Å². The topological polar surface area (TPSA) is 80.9 Å². The molecule has 3 aromatic rings. The fraction of sp³-hybridized carbons (Fsp3) is 0.0714. The van der Waals surface area contributed by atoms with E-state index in [1.54, 1.807) is 24.4 Å². The van der Waals surface area contributed by atoms with Crippen LogP contribution in [-0.4, -0.2) is 15.9 Å². The third-order valence-corrected chi connectivity index (χ3v) is 3.82. The fourth-order valence-electron chi connectivity index (χ4n) is 1.83. The monoisotopic (exact) mass is 284 g/mol. The molecule has 0 saturated heterocycles. The smallest absolute Gasteiger partial charge is 0.248 e. The lowest BCUT2D eigenvalue weighted by Gasteiger charge is -2.00. The van der Waals surface area contributed by atoms with Crippen LogP contribution in [0.25, 0.3) is 10.2 Å². The molecule has 0 radical (unpaired) electrons. The number of nitrogens with two attached hydrogens (primary N) is 1. The van der Waals surface area contributed by atoms with Crippen molar-refractivity contribution in [2.45, 2.75) is 6.54 Å². The Hall–Kier alpha value is -2.47. The van der Waals surface area contributed by atoms with Crippen molar-refractivity contribution in [1.82, 2.24) is 9.97 Å². The molecule has 1 aromatic carbocycles. The summed E-state index contributed by atoms with van der Waals surface area (Å²) < 4.78 is 0.940. The first kappa shape index (κ1) is 12.6. The van der Waals surface area contributed by atoms with Crippen LogP contribution in [0.1, 0.15) is 15.9 Å². The Morgan fingerprint density at radius 2 is 2.25 bits per heavy atom. The van der Waals surface area contributed by atoms with Crippen LogP contribution in [0.3, 0.4) is 0 Å². The van der Waals surface area contributed by atoms with Gasteiger partial charge in [-0.3, -0.25) is 9.78 Å². The number of primary amides is 1. The third kappa shape index (κ3) is 2.60. The van der Waals surface area contributed by atoms with Gasteiger partial charge in [0.1, 0.15) is 0 Å². The van der Waals surface area contributed by atoms with Crippen molar-refractivity contribution >= 4 is 32.6 Å².